The molecule has 2 rings (SSSR count). The number of nitrogens with one attached hydrogen (secondary N) is 1. The Bertz CT molecular complexity index is 738. The summed E-state index contributed by atoms with van der Waals surface area (Å²) >= 11 is 5.57. The van der Waals surface area contributed by atoms with Crippen molar-refractivity contribution >= 4 is 23.2 Å². The van der Waals surface area contributed by atoms with Gasteiger partial charge >= 0.3 is 0 Å². The van der Waals surface area contributed by atoms with E-state index in [0.717, 1.165) is 6.07 Å². The van der Waals surface area contributed by atoms with E-state index in [1.165, 1.54) is 18.3 Å². The smallest absolute Gasteiger partial charge is 0.275 e. The van der Waals surface area contributed by atoms with Gasteiger partial charge in [0.1, 0.15) is 18.1 Å². The first-order valence-corrected chi connectivity index (χ1v) is 6.31. The summed E-state index contributed by atoms with van der Waals surface area (Å²) < 4.78 is 13.3. The van der Waals surface area contributed by atoms with E-state index in [0.29, 0.717) is 5.56 Å². The molecule has 6 heteroatoms. The SMILES string of the molecule is O=C(Nc1ccc(Cl)c(F)c1)c1ncccc1C#CCO. The Labute approximate surface area is 125 Å². The van der Waals surface area contributed by atoms with Crippen LogP contribution in [0.3, 0.4) is 0 Å². The van der Waals surface area contributed by atoms with Crippen molar-refractivity contribution in [1.82, 2.24) is 4.98 Å². The summed E-state index contributed by atoms with van der Waals surface area (Å²) in [4.78, 5) is 16.1. The number of rotatable bonds is 2. The van der Waals surface area contributed by atoms with Gasteiger partial charge in [-0.25, -0.2) is 9.37 Å². The van der Waals surface area contributed by atoms with Gasteiger partial charge in [0.15, 0.2) is 0 Å². The van der Waals surface area contributed by atoms with Crippen molar-refractivity contribution in [3.8, 4) is 11.8 Å². The number of nitrogens with zero attached hydrogens (tertiary/aromatic N) is 1. The molecule has 0 unspecified atom stereocenters. The van der Waals surface area contributed by atoms with E-state index in [1.54, 1.807) is 12.1 Å². The van der Waals surface area contributed by atoms with Crippen LogP contribution < -0.4 is 5.32 Å². The minimum Gasteiger partial charge on any atom is -0.384 e. The van der Waals surface area contributed by atoms with Crippen LogP contribution in [0, 0.1) is 17.7 Å². The summed E-state index contributed by atoms with van der Waals surface area (Å²) in [5, 5.41) is 11.2. The van der Waals surface area contributed by atoms with Crippen LogP contribution in [0.5, 0.6) is 0 Å². The molecule has 0 saturated carbocycles. The third kappa shape index (κ3) is 3.78. The van der Waals surface area contributed by atoms with Crippen LogP contribution in [0.1, 0.15) is 16.1 Å². The van der Waals surface area contributed by atoms with Crippen LogP contribution in [0.4, 0.5) is 10.1 Å². The summed E-state index contributed by atoms with van der Waals surface area (Å²) in [6, 6.07) is 7.16. The minimum atomic E-state index is -0.629. The van der Waals surface area contributed by atoms with Crippen molar-refractivity contribution in [2.75, 3.05) is 11.9 Å². The molecule has 1 aromatic heterocycles. The number of aliphatic hydroxyl groups excluding tert-OH is 1. The highest BCUT2D eigenvalue weighted by atomic mass is 35.5. The van der Waals surface area contributed by atoms with E-state index in [9.17, 15) is 9.18 Å². The highest BCUT2D eigenvalue weighted by molar-refractivity contribution is 6.30. The molecule has 0 aliphatic rings. The topological polar surface area (TPSA) is 62.2 Å². The molecule has 0 bridgehead atoms. The van der Waals surface area contributed by atoms with E-state index < -0.39 is 11.7 Å². The van der Waals surface area contributed by atoms with Crippen LogP contribution in [0.15, 0.2) is 36.5 Å². The Balaban J connectivity index is 2.26. The first kappa shape index (κ1) is 15.0. The average Bonchev–Trinajstić information content (AvgIpc) is 2.49. The van der Waals surface area contributed by atoms with Gasteiger partial charge in [-0.15, -0.1) is 0 Å². The second-order valence-electron chi connectivity index (χ2n) is 3.94. The van der Waals surface area contributed by atoms with Gasteiger partial charge in [-0.1, -0.05) is 23.4 Å². The van der Waals surface area contributed by atoms with Gasteiger partial charge in [-0.05, 0) is 30.3 Å². The molecule has 2 N–H and O–H groups in total. The zero-order chi connectivity index (χ0) is 15.2. The predicted octanol–water partition coefficient (Wildman–Crippen LogP) is 2.47. The molecule has 21 heavy (non-hydrogen) atoms. The molecule has 1 amide bonds. The number of carbonyl (C=O) groups is 1. The molecule has 0 radical (unpaired) electrons. The summed E-state index contributed by atoms with van der Waals surface area (Å²) in [5.41, 5.74) is 0.723. The molecular weight excluding hydrogens is 295 g/mol. The Hall–Kier alpha value is -2.42. The van der Waals surface area contributed by atoms with E-state index in [2.05, 4.69) is 22.1 Å². The van der Waals surface area contributed by atoms with Crippen LogP contribution in [-0.2, 0) is 0 Å². The number of aromatic nitrogens is 1. The molecule has 106 valence electrons. The van der Waals surface area contributed by atoms with Gasteiger partial charge < -0.3 is 10.4 Å². The number of benzene rings is 1. The van der Waals surface area contributed by atoms with Crippen molar-refractivity contribution in [3.05, 3.63) is 58.6 Å². The lowest BCUT2D eigenvalue weighted by molar-refractivity contribution is 0.102. The van der Waals surface area contributed by atoms with Crippen molar-refractivity contribution in [2.24, 2.45) is 0 Å². The maximum absolute atomic E-state index is 13.3. The second kappa shape index (κ2) is 6.84. The Morgan fingerprint density at radius 2 is 2.24 bits per heavy atom. The number of hydrogen-bond donors (Lipinski definition) is 2. The normalized spacial score (nSPS) is 9.67. The van der Waals surface area contributed by atoms with E-state index in [-0.39, 0.29) is 23.0 Å². The molecular formula is C15H10ClFN2O2. The molecule has 2 aromatic rings. The molecule has 4 nitrogen and oxygen atoms in total. The Morgan fingerprint density at radius 3 is 2.95 bits per heavy atom. The number of aliphatic hydroxyl groups is 1. The fraction of sp³-hybridized carbons (Fsp3) is 0.0667. The minimum absolute atomic E-state index is 0.0275. The molecule has 1 aromatic carbocycles. The fourth-order valence-corrected chi connectivity index (χ4v) is 1.70. The summed E-state index contributed by atoms with van der Waals surface area (Å²) in [6.07, 6.45) is 1.45. The van der Waals surface area contributed by atoms with Crippen LogP contribution in [0.2, 0.25) is 5.02 Å². The quantitative estimate of drug-likeness (QED) is 0.838. The molecule has 0 aliphatic heterocycles. The molecule has 0 spiro atoms. The number of carbonyl (C=O) groups excluding carboxylic acids is 1. The average molecular weight is 305 g/mol. The molecule has 0 atom stereocenters. The van der Waals surface area contributed by atoms with Crippen molar-refractivity contribution in [3.63, 3.8) is 0 Å². The number of pyridine rings is 1. The zero-order valence-corrected chi connectivity index (χ0v) is 11.5. The monoisotopic (exact) mass is 304 g/mol. The van der Waals surface area contributed by atoms with Crippen LogP contribution in [-0.4, -0.2) is 22.6 Å². The van der Waals surface area contributed by atoms with Gasteiger partial charge in [0.05, 0.1) is 10.6 Å². The van der Waals surface area contributed by atoms with Crippen molar-refractivity contribution < 1.29 is 14.3 Å². The lowest BCUT2D eigenvalue weighted by Gasteiger charge is -2.06. The lowest BCUT2D eigenvalue weighted by atomic mass is 10.2. The highest BCUT2D eigenvalue weighted by Crippen LogP contribution is 2.19. The first-order chi connectivity index (χ1) is 10.1. The number of hydrogen-bond acceptors (Lipinski definition) is 3. The van der Waals surface area contributed by atoms with Crippen molar-refractivity contribution in [2.45, 2.75) is 0 Å². The largest absolute Gasteiger partial charge is 0.384 e. The van der Waals surface area contributed by atoms with Crippen molar-refractivity contribution in [1.29, 1.82) is 0 Å². The van der Waals surface area contributed by atoms with Gasteiger partial charge in [-0.2, -0.15) is 0 Å². The molecule has 0 saturated heterocycles. The maximum atomic E-state index is 13.3. The predicted molar refractivity (Wildman–Crippen MR) is 77.6 cm³/mol. The number of anilines is 1. The van der Waals surface area contributed by atoms with Gasteiger partial charge in [-0.3, -0.25) is 4.79 Å². The zero-order valence-electron chi connectivity index (χ0n) is 10.7. The summed E-state index contributed by atoms with van der Waals surface area (Å²) in [7, 11) is 0. The number of amides is 1. The Morgan fingerprint density at radius 1 is 1.43 bits per heavy atom. The highest BCUT2D eigenvalue weighted by Gasteiger charge is 2.12. The molecule has 1 heterocycles. The fourth-order valence-electron chi connectivity index (χ4n) is 1.59. The van der Waals surface area contributed by atoms with E-state index in [1.807, 2.05) is 0 Å². The number of halogens is 2. The molecule has 0 aliphatic carbocycles. The van der Waals surface area contributed by atoms with Gasteiger partial charge in [0.25, 0.3) is 5.91 Å². The first-order valence-electron chi connectivity index (χ1n) is 5.93. The van der Waals surface area contributed by atoms with Gasteiger partial charge in [0, 0.05) is 11.9 Å². The third-order valence-corrected chi connectivity index (χ3v) is 2.81. The van der Waals surface area contributed by atoms with Crippen LogP contribution in [0.25, 0.3) is 0 Å². The third-order valence-electron chi connectivity index (χ3n) is 2.50. The second-order valence-corrected chi connectivity index (χ2v) is 4.35. The van der Waals surface area contributed by atoms with Gasteiger partial charge in [0.2, 0.25) is 0 Å². The van der Waals surface area contributed by atoms with E-state index >= 15 is 0 Å². The maximum Gasteiger partial charge on any atom is 0.275 e. The van der Waals surface area contributed by atoms with Crippen LogP contribution >= 0.6 is 11.6 Å². The standard InChI is InChI=1S/C15H10ClFN2O2/c16-12-6-5-11(9-13(12)17)19-15(21)14-10(4-2-8-20)3-1-7-18-14/h1,3,5-7,9,20H,8H2,(H,19,21). The summed E-state index contributed by atoms with van der Waals surface area (Å²) in [6.45, 7) is -0.321. The van der Waals surface area contributed by atoms with E-state index in [4.69, 9.17) is 16.7 Å². The lowest BCUT2D eigenvalue weighted by Crippen LogP contribution is -2.15. The Kier molecular flexibility index (Phi) is 4.88. The molecule has 0 fully saturated rings. The summed E-state index contributed by atoms with van der Waals surface area (Å²) in [5.74, 6) is 3.92.